The second-order valence-corrected chi connectivity index (χ2v) is 9.42. The van der Waals surface area contributed by atoms with Crippen LogP contribution in [-0.2, 0) is 11.8 Å². The molecule has 4 rings (SSSR count). The number of halogens is 1. The maximum atomic E-state index is 13.1. The van der Waals surface area contributed by atoms with Gasteiger partial charge in [0.1, 0.15) is 22.2 Å². The zero-order valence-electron chi connectivity index (χ0n) is 18.9. The summed E-state index contributed by atoms with van der Waals surface area (Å²) in [4.78, 5) is 30.8. The molecule has 1 fully saturated rings. The fourth-order valence-electron chi connectivity index (χ4n) is 3.68. The minimum absolute atomic E-state index is 0.0465. The van der Waals surface area contributed by atoms with Crippen molar-refractivity contribution in [1.29, 1.82) is 0 Å². The lowest BCUT2D eigenvalue weighted by molar-refractivity contribution is 0.0682. The largest absolute Gasteiger partial charge is 0.489 e. The number of carbonyl (C=O) groups is 1. The third-order valence-electron chi connectivity index (χ3n) is 5.58. The van der Waals surface area contributed by atoms with Gasteiger partial charge in [-0.25, -0.2) is 9.67 Å². The van der Waals surface area contributed by atoms with Crippen molar-refractivity contribution in [2.75, 3.05) is 18.5 Å². The molecule has 33 heavy (non-hydrogen) atoms. The Kier molecular flexibility index (Phi) is 6.83. The van der Waals surface area contributed by atoms with Crippen molar-refractivity contribution >= 4 is 34.5 Å². The van der Waals surface area contributed by atoms with Gasteiger partial charge in [0.15, 0.2) is 0 Å². The summed E-state index contributed by atoms with van der Waals surface area (Å²) in [6, 6.07) is 5.08. The molecule has 1 aliphatic rings. The van der Waals surface area contributed by atoms with Crippen LogP contribution in [0.3, 0.4) is 0 Å². The van der Waals surface area contributed by atoms with Crippen LogP contribution in [0.25, 0.3) is 10.6 Å². The Morgan fingerprint density at radius 2 is 2.12 bits per heavy atom. The predicted molar refractivity (Wildman–Crippen MR) is 129 cm³/mol. The molecular weight excluding hydrogens is 464 g/mol. The summed E-state index contributed by atoms with van der Waals surface area (Å²) >= 11 is 7.34. The minimum Gasteiger partial charge on any atom is -0.489 e. The van der Waals surface area contributed by atoms with Gasteiger partial charge < -0.3 is 14.8 Å². The van der Waals surface area contributed by atoms with Gasteiger partial charge in [-0.2, -0.15) is 5.10 Å². The molecule has 0 spiro atoms. The molecule has 1 saturated heterocycles. The zero-order chi connectivity index (χ0) is 23.7. The normalized spacial score (nSPS) is 15.6. The molecule has 1 aliphatic heterocycles. The number of aryl methyl sites for hydroxylation is 3. The molecule has 1 atom stereocenters. The number of hydrogen-bond acceptors (Lipinski definition) is 7. The summed E-state index contributed by atoms with van der Waals surface area (Å²) in [5.74, 6) is 0.167. The number of amides is 1. The molecule has 0 aliphatic carbocycles. The Hall–Kier alpha value is -2.75. The zero-order valence-corrected chi connectivity index (χ0v) is 20.5. The number of anilines is 1. The summed E-state index contributed by atoms with van der Waals surface area (Å²) in [6.45, 7) is 6.56. The molecule has 10 heteroatoms. The van der Waals surface area contributed by atoms with E-state index in [-0.39, 0.29) is 17.6 Å². The van der Waals surface area contributed by atoms with Gasteiger partial charge in [0, 0.05) is 18.7 Å². The first-order valence-corrected chi connectivity index (χ1v) is 11.8. The number of hydrogen-bond donors (Lipinski definition) is 1. The maximum absolute atomic E-state index is 13.1. The second-order valence-electron chi connectivity index (χ2n) is 7.99. The van der Waals surface area contributed by atoms with Gasteiger partial charge in [-0.3, -0.25) is 9.59 Å². The summed E-state index contributed by atoms with van der Waals surface area (Å²) in [5.41, 5.74) is 2.69. The van der Waals surface area contributed by atoms with Crippen molar-refractivity contribution < 1.29 is 14.3 Å². The molecule has 1 amide bonds. The van der Waals surface area contributed by atoms with E-state index in [2.05, 4.69) is 15.4 Å². The summed E-state index contributed by atoms with van der Waals surface area (Å²) in [7, 11) is 1.60. The van der Waals surface area contributed by atoms with E-state index < -0.39 is 0 Å². The van der Waals surface area contributed by atoms with Crippen LogP contribution in [0.2, 0.25) is 5.02 Å². The van der Waals surface area contributed by atoms with Gasteiger partial charge in [0.05, 0.1) is 28.7 Å². The van der Waals surface area contributed by atoms with Crippen LogP contribution in [0, 0.1) is 20.8 Å². The first-order chi connectivity index (χ1) is 15.7. The van der Waals surface area contributed by atoms with Gasteiger partial charge in [0.25, 0.3) is 11.5 Å². The Morgan fingerprint density at radius 3 is 2.85 bits per heavy atom. The third-order valence-corrected chi connectivity index (χ3v) is 6.99. The van der Waals surface area contributed by atoms with E-state index in [9.17, 15) is 9.59 Å². The average Bonchev–Trinajstić information content (AvgIpc) is 3.42. The number of rotatable bonds is 6. The Balaban J connectivity index is 1.60. The Morgan fingerprint density at radius 1 is 1.33 bits per heavy atom. The number of ether oxygens (including phenoxy) is 2. The van der Waals surface area contributed by atoms with Crippen molar-refractivity contribution in [1.82, 2.24) is 14.8 Å². The van der Waals surface area contributed by atoms with Gasteiger partial charge in [-0.15, -0.1) is 11.3 Å². The molecule has 3 aromatic rings. The van der Waals surface area contributed by atoms with Crippen LogP contribution < -0.4 is 15.6 Å². The molecule has 1 N–H and O–H groups in total. The van der Waals surface area contributed by atoms with E-state index >= 15 is 0 Å². The van der Waals surface area contributed by atoms with Crippen molar-refractivity contribution in [3.8, 4) is 16.3 Å². The predicted octanol–water partition coefficient (Wildman–Crippen LogP) is 4.29. The number of benzene rings is 1. The number of thiazole rings is 1. The maximum Gasteiger partial charge on any atom is 0.277 e. The highest BCUT2D eigenvalue weighted by molar-refractivity contribution is 7.17. The monoisotopic (exact) mass is 488 g/mol. The highest BCUT2D eigenvalue weighted by Crippen LogP contribution is 2.32. The lowest BCUT2D eigenvalue weighted by atomic mass is 10.1. The van der Waals surface area contributed by atoms with E-state index in [0.717, 1.165) is 30.7 Å². The molecule has 8 nitrogen and oxygen atoms in total. The highest BCUT2D eigenvalue weighted by atomic mass is 35.5. The van der Waals surface area contributed by atoms with Crippen molar-refractivity contribution in [2.24, 2.45) is 7.05 Å². The highest BCUT2D eigenvalue weighted by Gasteiger charge is 2.22. The molecule has 0 saturated carbocycles. The Labute approximate surface area is 200 Å². The van der Waals surface area contributed by atoms with Crippen molar-refractivity contribution in [3.05, 3.63) is 55.4 Å². The van der Waals surface area contributed by atoms with Crippen LogP contribution in [0.15, 0.2) is 23.0 Å². The molecule has 174 valence electrons. The fraction of sp³-hybridized carbons (Fsp3) is 0.391. The number of nitrogens with one attached hydrogen (secondary N) is 1. The van der Waals surface area contributed by atoms with E-state index in [1.807, 2.05) is 13.8 Å². The molecular formula is C23H25ClN4O4S. The molecule has 0 bridgehead atoms. The summed E-state index contributed by atoms with van der Waals surface area (Å²) < 4.78 is 12.8. The van der Waals surface area contributed by atoms with Gasteiger partial charge in [0.2, 0.25) is 0 Å². The van der Waals surface area contributed by atoms with Crippen LogP contribution in [-0.4, -0.2) is 40.0 Å². The van der Waals surface area contributed by atoms with E-state index in [0.29, 0.717) is 44.2 Å². The fourth-order valence-corrected chi connectivity index (χ4v) is 4.91. The van der Waals surface area contributed by atoms with Gasteiger partial charge >= 0.3 is 0 Å². The molecule has 1 aromatic carbocycles. The number of nitrogens with zero attached hydrogens (tertiary/aromatic N) is 3. The molecule has 3 heterocycles. The van der Waals surface area contributed by atoms with Crippen LogP contribution in [0.1, 0.15) is 39.5 Å². The molecule has 1 unspecified atom stereocenters. The third kappa shape index (κ3) is 4.95. The number of carbonyl (C=O) groups excluding carboxylic acids is 1. The first kappa shape index (κ1) is 23.4. The minimum atomic E-state index is -0.347. The summed E-state index contributed by atoms with van der Waals surface area (Å²) in [5, 5.41) is 8.06. The SMILES string of the molecule is Cc1nc(-c2c(C)c(C)nn(C)c2=O)sc1C(=O)Nc1cc(Cl)ccc1OCC1CCCO1. The van der Waals surface area contributed by atoms with Gasteiger partial charge in [-0.1, -0.05) is 11.6 Å². The van der Waals surface area contributed by atoms with Crippen molar-refractivity contribution in [3.63, 3.8) is 0 Å². The first-order valence-electron chi connectivity index (χ1n) is 10.6. The lowest BCUT2D eigenvalue weighted by Crippen LogP contribution is -2.23. The van der Waals surface area contributed by atoms with E-state index in [1.165, 1.54) is 16.0 Å². The van der Waals surface area contributed by atoms with Crippen LogP contribution in [0.4, 0.5) is 5.69 Å². The van der Waals surface area contributed by atoms with Crippen LogP contribution in [0.5, 0.6) is 5.75 Å². The molecule has 0 radical (unpaired) electrons. The van der Waals surface area contributed by atoms with E-state index in [1.54, 1.807) is 32.2 Å². The lowest BCUT2D eigenvalue weighted by Gasteiger charge is -2.15. The number of aromatic nitrogens is 3. The van der Waals surface area contributed by atoms with Crippen molar-refractivity contribution in [2.45, 2.75) is 39.7 Å². The van der Waals surface area contributed by atoms with Crippen LogP contribution >= 0.6 is 22.9 Å². The van der Waals surface area contributed by atoms with Gasteiger partial charge in [-0.05, 0) is 57.4 Å². The molecule has 2 aromatic heterocycles. The Bertz CT molecular complexity index is 1260. The second kappa shape index (κ2) is 9.62. The van der Waals surface area contributed by atoms with E-state index in [4.69, 9.17) is 21.1 Å². The topological polar surface area (TPSA) is 95.3 Å². The smallest absolute Gasteiger partial charge is 0.277 e. The quantitative estimate of drug-likeness (QED) is 0.556. The average molecular weight is 489 g/mol. The summed E-state index contributed by atoms with van der Waals surface area (Å²) in [6.07, 6.45) is 2.02. The standard InChI is InChI=1S/C23H25ClN4O4S/c1-12-13(2)27-28(4)23(30)19(12)22-25-14(3)20(33-22)21(29)26-17-10-15(24)7-8-18(17)32-11-16-6-5-9-31-16/h7-8,10,16H,5-6,9,11H2,1-4H3,(H,26,29).